The molecule has 16 heteroatoms. The van der Waals surface area contributed by atoms with E-state index in [1.54, 1.807) is 66.6 Å². The third kappa shape index (κ3) is 8.38. The molecule has 1 aliphatic heterocycles. The van der Waals surface area contributed by atoms with Gasteiger partial charge < -0.3 is 20.3 Å². The highest BCUT2D eigenvalue weighted by molar-refractivity contribution is 6.30. The van der Waals surface area contributed by atoms with E-state index < -0.39 is 23.6 Å². The van der Waals surface area contributed by atoms with Crippen molar-refractivity contribution in [2.75, 3.05) is 32.6 Å². The van der Waals surface area contributed by atoms with Gasteiger partial charge in [-0.3, -0.25) is 14.9 Å². The molecule has 2 atom stereocenters. The zero-order valence-corrected chi connectivity index (χ0v) is 26.4. The second-order valence-electron chi connectivity index (χ2n) is 10.8. The summed E-state index contributed by atoms with van der Waals surface area (Å²) < 4.78 is 6.09. The molecular formula is C31H33ClN10O5. The Bertz CT molecular complexity index is 1810. The van der Waals surface area contributed by atoms with Crippen LogP contribution in [0, 0.1) is 5.92 Å². The number of H-pyrrole nitrogens is 1. The van der Waals surface area contributed by atoms with Gasteiger partial charge in [0.15, 0.2) is 0 Å². The summed E-state index contributed by atoms with van der Waals surface area (Å²) in [6.07, 6.45) is 5.92. The summed E-state index contributed by atoms with van der Waals surface area (Å²) in [4.78, 5) is 52.0. The quantitative estimate of drug-likeness (QED) is 0.195. The molecule has 3 heterocycles. The van der Waals surface area contributed by atoms with E-state index >= 15 is 0 Å². The van der Waals surface area contributed by atoms with Crippen LogP contribution in [0.3, 0.4) is 0 Å². The molecule has 0 radical (unpaired) electrons. The smallest absolute Gasteiger partial charge is 0.411 e. The topological polar surface area (TPSA) is 189 Å². The molecule has 5 rings (SSSR count). The van der Waals surface area contributed by atoms with Crippen molar-refractivity contribution in [1.29, 1.82) is 0 Å². The Morgan fingerprint density at radius 1 is 1.17 bits per heavy atom. The van der Waals surface area contributed by atoms with Gasteiger partial charge in [0.25, 0.3) is 5.56 Å². The molecule has 0 aliphatic carbocycles. The number of nitrogens with zero attached hydrogens (tertiary/aromatic N) is 6. The molecule has 1 aliphatic rings. The van der Waals surface area contributed by atoms with Crippen LogP contribution in [0.4, 0.5) is 15.3 Å². The average molecular weight is 661 g/mol. The number of tetrazole rings is 1. The second-order valence-corrected chi connectivity index (χ2v) is 11.3. The molecule has 244 valence electrons. The van der Waals surface area contributed by atoms with Crippen LogP contribution in [0.2, 0.25) is 5.02 Å². The zero-order chi connectivity index (χ0) is 33.3. The van der Waals surface area contributed by atoms with Crippen molar-refractivity contribution in [2.45, 2.75) is 25.3 Å². The molecular weight excluding hydrogens is 628 g/mol. The number of halogens is 1. The number of hydrogen-bond acceptors (Lipinski definition) is 9. The van der Waals surface area contributed by atoms with Gasteiger partial charge >= 0.3 is 12.1 Å². The molecule has 0 spiro atoms. The number of aromatic amines is 1. The fraction of sp³-hybridized carbons (Fsp3) is 0.290. The Morgan fingerprint density at radius 3 is 2.70 bits per heavy atom. The van der Waals surface area contributed by atoms with Crippen molar-refractivity contribution in [2.24, 2.45) is 5.92 Å². The predicted molar refractivity (Wildman–Crippen MR) is 174 cm³/mol. The highest BCUT2D eigenvalue weighted by atomic mass is 35.5. The van der Waals surface area contributed by atoms with E-state index in [2.05, 4.69) is 46.4 Å². The van der Waals surface area contributed by atoms with Crippen molar-refractivity contribution < 1.29 is 19.1 Å². The van der Waals surface area contributed by atoms with Gasteiger partial charge in [0.2, 0.25) is 5.91 Å². The molecule has 0 saturated carbocycles. The standard InChI is InChI=1S/C31H33ClN10O5/c1-33-30(45)41-13-3-4-19(17-41)14-25(36-28(43)12-7-21-15-22(32)8-11-27(21)42-18-34-39-40-42)26-16-24(29(44)38-37-26)20-5-9-23(10-6-20)35-31(46)47-2/h5-12,15-16,18-19,25H,3-4,13-14,17H2,1-2H3,(H,33,45)(H,35,46)(H,36,43)(H,38,44)/t19?,25-/m0/s1. The highest BCUT2D eigenvalue weighted by Crippen LogP contribution is 2.29. The van der Waals surface area contributed by atoms with Crippen LogP contribution in [-0.2, 0) is 9.53 Å². The van der Waals surface area contributed by atoms with E-state index in [9.17, 15) is 19.2 Å². The lowest BCUT2D eigenvalue weighted by Gasteiger charge is -2.34. The number of aromatic nitrogens is 6. The minimum Gasteiger partial charge on any atom is -0.453 e. The van der Waals surface area contributed by atoms with Crippen LogP contribution in [0.1, 0.15) is 36.6 Å². The first-order valence-electron chi connectivity index (χ1n) is 14.8. The number of carbonyl (C=O) groups excluding carboxylic acids is 3. The molecule has 4 N–H and O–H groups in total. The third-order valence-corrected chi connectivity index (χ3v) is 7.95. The van der Waals surface area contributed by atoms with Gasteiger partial charge in [-0.15, -0.1) is 5.10 Å². The van der Waals surface area contributed by atoms with Gasteiger partial charge in [0.1, 0.15) is 6.33 Å². The van der Waals surface area contributed by atoms with Gasteiger partial charge in [-0.25, -0.2) is 14.7 Å². The number of ether oxygens (including phenoxy) is 1. The summed E-state index contributed by atoms with van der Waals surface area (Å²) in [5.74, 6) is -0.361. The van der Waals surface area contributed by atoms with E-state index in [-0.39, 0.29) is 11.9 Å². The van der Waals surface area contributed by atoms with Gasteiger partial charge in [-0.2, -0.15) is 9.78 Å². The first kappa shape index (κ1) is 32.8. The molecule has 47 heavy (non-hydrogen) atoms. The van der Waals surface area contributed by atoms with E-state index in [1.807, 2.05) is 0 Å². The maximum Gasteiger partial charge on any atom is 0.411 e. The Balaban J connectivity index is 1.42. The molecule has 0 bridgehead atoms. The van der Waals surface area contributed by atoms with Crippen LogP contribution in [0.25, 0.3) is 22.9 Å². The molecule has 2 aromatic carbocycles. The first-order valence-corrected chi connectivity index (χ1v) is 15.1. The highest BCUT2D eigenvalue weighted by Gasteiger charge is 2.28. The summed E-state index contributed by atoms with van der Waals surface area (Å²) in [6, 6.07) is 12.7. The predicted octanol–water partition coefficient (Wildman–Crippen LogP) is 3.56. The number of benzene rings is 2. The summed E-state index contributed by atoms with van der Waals surface area (Å²) in [5.41, 5.74) is 2.64. The number of carbonyl (C=O) groups is 3. The summed E-state index contributed by atoms with van der Waals surface area (Å²) >= 11 is 6.24. The number of amides is 4. The SMILES string of the molecule is CNC(=O)N1CCCC(C[C@H](NC(=O)C=Cc2cc(Cl)ccc2-n2cnnn2)c2cc(-c3ccc(NC(=O)OC)cc3)c(=O)[nH]n2)C1. The summed E-state index contributed by atoms with van der Waals surface area (Å²) in [7, 11) is 2.86. The monoisotopic (exact) mass is 660 g/mol. The van der Waals surface area contributed by atoms with Crippen molar-refractivity contribution in [1.82, 2.24) is 45.9 Å². The molecule has 1 unspecified atom stereocenters. The summed E-state index contributed by atoms with van der Waals surface area (Å²) in [5, 5.41) is 26.9. The minimum atomic E-state index is -0.617. The number of nitrogens with one attached hydrogen (secondary N) is 4. The van der Waals surface area contributed by atoms with E-state index in [1.165, 1.54) is 24.2 Å². The molecule has 4 aromatic rings. The molecule has 1 saturated heterocycles. The van der Waals surface area contributed by atoms with E-state index in [0.717, 1.165) is 12.8 Å². The van der Waals surface area contributed by atoms with Crippen molar-refractivity contribution in [3.8, 4) is 16.8 Å². The Hall–Kier alpha value is -5.57. The van der Waals surface area contributed by atoms with Crippen LogP contribution in [-0.4, -0.2) is 80.6 Å². The first-order chi connectivity index (χ1) is 22.7. The lowest BCUT2D eigenvalue weighted by molar-refractivity contribution is -0.117. The van der Waals surface area contributed by atoms with Crippen LogP contribution in [0.5, 0.6) is 0 Å². The van der Waals surface area contributed by atoms with Gasteiger partial charge in [0, 0.05) is 42.5 Å². The fourth-order valence-corrected chi connectivity index (χ4v) is 5.61. The average Bonchev–Trinajstić information content (AvgIpc) is 3.62. The largest absolute Gasteiger partial charge is 0.453 e. The molecule has 2 aromatic heterocycles. The zero-order valence-electron chi connectivity index (χ0n) is 25.6. The van der Waals surface area contributed by atoms with Crippen LogP contribution < -0.4 is 21.5 Å². The Labute approximate surface area is 274 Å². The maximum atomic E-state index is 13.4. The third-order valence-electron chi connectivity index (χ3n) is 7.71. The molecule has 1 fully saturated rings. The molecule has 4 amide bonds. The van der Waals surface area contributed by atoms with Crippen molar-refractivity contribution in [3.63, 3.8) is 0 Å². The molecule has 15 nitrogen and oxygen atoms in total. The lowest BCUT2D eigenvalue weighted by atomic mass is 9.89. The number of urea groups is 1. The number of likely N-dealkylation sites (tertiary alicyclic amines) is 1. The Kier molecular flexibility index (Phi) is 10.6. The fourth-order valence-electron chi connectivity index (χ4n) is 5.43. The van der Waals surface area contributed by atoms with Gasteiger partial charge in [-0.1, -0.05) is 23.7 Å². The van der Waals surface area contributed by atoms with Gasteiger partial charge in [0.05, 0.1) is 30.1 Å². The van der Waals surface area contributed by atoms with Gasteiger partial charge in [-0.05, 0) is 83.6 Å². The number of anilines is 1. The number of piperidine rings is 1. The van der Waals surface area contributed by atoms with Crippen LogP contribution >= 0.6 is 11.6 Å². The van der Waals surface area contributed by atoms with Crippen molar-refractivity contribution >= 4 is 41.4 Å². The normalized spacial score (nSPS) is 15.2. The number of hydrogen-bond donors (Lipinski definition) is 4. The van der Waals surface area contributed by atoms with Crippen molar-refractivity contribution in [3.05, 3.63) is 87.6 Å². The number of rotatable bonds is 9. The van der Waals surface area contributed by atoms with E-state index in [0.29, 0.717) is 58.3 Å². The Morgan fingerprint density at radius 2 is 1.98 bits per heavy atom. The number of methoxy groups -OCH3 is 1. The van der Waals surface area contributed by atoms with Crippen LogP contribution in [0.15, 0.2) is 65.7 Å². The summed E-state index contributed by atoms with van der Waals surface area (Å²) in [6.45, 7) is 1.14. The minimum absolute atomic E-state index is 0.0514. The van der Waals surface area contributed by atoms with E-state index in [4.69, 9.17) is 11.6 Å². The maximum absolute atomic E-state index is 13.4. The second kappa shape index (κ2) is 15.1. The lowest BCUT2D eigenvalue weighted by Crippen LogP contribution is -2.45.